The molecule has 11 heteroatoms. The van der Waals surface area contributed by atoms with Crippen LogP contribution < -0.4 is 5.32 Å². The average Bonchev–Trinajstić information content (AvgIpc) is 3.35. The van der Waals surface area contributed by atoms with Crippen molar-refractivity contribution in [2.75, 3.05) is 13.2 Å². The third-order valence-electron chi connectivity index (χ3n) is 14.6. The Bertz CT molecular complexity index is 1130. The van der Waals surface area contributed by atoms with Gasteiger partial charge < -0.3 is 50.5 Å². The molecule has 0 aromatic carbocycles. The molecule has 410 valence electrons. The molecule has 69 heavy (non-hydrogen) atoms. The number of unbranched alkanes of at least 4 members (excludes halogenated alkanes) is 37. The Morgan fingerprint density at radius 3 is 1.25 bits per heavy atom. The van der Waals surface area contributed by atoms with Crippen LogP contribution in [0.2, 0.25) is 0 Å². The van der Waals surface area contributed by atoms with E-state index in [2.05, 4.69) is 31.3 Å². The van der Waals surface area contributed by atoms with Gasteiger partial charge in [0.15, 0.2) is 6.29 Å². The molecule has 1 aliphatic rings. The Morgan fingerprint density at radius 2 is 0.855 bits per heavy atom. The molecule has 9 unspecified atom stereocenters. The summed E-state index contributed by atoms with van der Waals surface area (Å²) in [5, 5.41) is 76.0. The van der Waals surface area contributed by atoms with Crippen LogP contribution in [0.4, 0.5) is 0 Å². The smallest absolute Gasteiger partial charge is 0.249 e. The predicted octanol–water partition coefficient (Wildman–Crippen LogP) is 12.4. The van der Waals surface area contributed by atoms with Gasteiger partial charge in [0.25, 0.3) is 0 Å². The van der Waals surface area contributed by atoms with Gasteiger partial charge in [0.05, 0.1) is 25.4 Å². The lowest BCUT2D eigenvalue weighted by atomic mass is 9.98. The second kappa shape index (κ2) is 47.8. The summed E-state index contributed by atoms with van der Waals surface area (Å²) in [7, 11) is 0. The number of hydrogen-bond donors (Lipinski definition) is 8. The van der Waals surface area contributed by atoms with Gasteiger partial charge in [-0.25, -0.2) is 0 Å². The van der Waals surface area contributed by atoms with E-state index < -0.39 is 74.2 Å². The first kappa shape index (κ1) is 65.9. The van der Waals surface area contributed by atoms with E-state index in [1.807, 2.05) is 0 Å². The zero-order valence-electron chi connectivity index (χ0n) is 44.8. The van der Waals surface area contributed by atoms with Gasteiger partial charge in [0.2, 0.25) is 5.91 Å². The van der Waals surface area contributed by atoms with Crippen molar-refractivity contribution in [3.8, 4) is 0 Å². The Kier molecular flexibility index (Phi) is 45.7. The van der Waals surface area contributed by atoms with Crippen LogP contribution in [0.5, 0.6) is 0 Å². The minimum absolute atomic E-state index is 0.258. The van der Waals surface area contributed by atoms with Crippen LogP contribution in [0.15, 0.2) is 12.2 Å². The van der Waals surface area contributed by atoms with Crippen LogP contribution in [0.1, 0.15) is 284 Å². The van der Waals surface area contributed by atoms with Crippen molar-refractivity contribution in [1.29, 1.82) is 0 Å². The normalized spacial score (nSPS) is 20.4. The third kappa shape index (κ3) is 36.4. The van der Waals surface area contributed by atoms with Crippen molar-refractivity contribution in [1.82, 2.24) is 5.32 Å². The average molecular weight is 985 g/mol. The Balaban J connectivity index is 2.25. The highest BCUT2D eigenvalue weighted by Crippen LogP contribution is 2.23. The lowest BCUT2D eigenvalue weighted by Crippen LogP contribution is -2.60. The van der Waals surface area contributed by atoms with Gasteiger partial charge in [-0.2, -0.15) is 0 Å². The first-order chi connectivity index (χ1) is 33.7. The predicted molar refractivity (Wildman–Crippen MR) is 284 cm³/mol. The minimum atomic E-state index is -1.66. The van der Waals surface area contributed by atoms with Crippen LogP contribution in [-0.4, -0.2) is 110 Å². The molecule has 9 atom stereocenters. The summed E-state index contributed by atoms with van der Waals surface area (Å²) in [6, 6.07) is -1.18. The van der Waals surface area contributed by atoms with E-state index in [-0.39, 0.29) is 12.8 Å². The van der Waals surface area contributed by atoms with Crippen LogP contribution >= 0.6 is 0 Å². The van der Waals surface area contributed by atoms with E-state index in [9.17, 15) is 40.5 Å². The van der Waals surface area contributed by atoms with Gasteiger partial charge >= 0.3 is 0 Å². The van der Waals surface area contributed by atoms with Gasteiger partial charge in [-0.1, -0.05) is 257 Å². The molecule has 0 aromatic rings. The highest BCUT2D eigenvalue weighted by molar-refractivity contribution is 5.80. The molecule has 0 saturated carbocycles. The summed E-state index contributed by atoms with van der Waals surface area (Å²) in [6.07, 6.45) is 44.3. The van der Waals surface area contributed by atoms with Gasteiger partial charge in [-0.05, 0) is 38.5 Å². The molecule has 8 N–H and O–H groups in total. The van der Waals surface area contributed by atoms with Gasteiger partial charge in [0, 0.05) is 0 Å². The monoisotopic (exact) mass is 984 g/mol. The summed E-state index contributed by atoms with van der Waals surface area (Å²) in [5.41, 5.74) is 0. The molecule has 0 spiro atoms. The van der Waals surface area contributed by atoms with Gasteiger partial charge in [0.1, 0.15) is 36.6 Å². The molecule has 1 amide bonds. The SMILES string of the molecule is CCCCCCCCCCCCCCCCCCCCCCCCCC/C=C/CCCC(O)C(O)C(COC1OC(CO)C(O)C(O)C1O)NC(=O)C(O)CCCCCCCCCCCCCCC. The van der Waals surface area contributed by atoms with E-state index in [1.165, 1.54) is 205 Å². The van der Waals surface area contributed by atoms with Crippen LogP contribution in [-0.2, 0) is 14.3 Å². The third-order valence-corrected chi connectivity index (χ3v) is 14.6. The number of aliphatic hydroxyl groups excluding tert-OH is 7. The van der Waals surface area contributed by atoms with Crippen molar-refractivity contribution >= 4 is 5.91 Å². The van der Waals surface area contributed by atoms with Gasteiger partial charge in [-0.3, -0.25) is 4.79 Å². The van der Waals surface area contributed by atoms with Crippen molar-refractivity contribution in [2.45, 2.75) is 339 Å². The second-order valence-electron chi connectivity index (χ2n) is 21.1. The molecule has 0 bridgehead atoms. The number of amides is 1. The van der Waals surface area contributed by atoms with Crippen molar-refractivity contribution in [3.63, 3.8) is 0 Å². The topological polar surface area (TPSA) is 189 Å². The molecule has 1 rings (SSSR count). The molecule has 1 aliphatic heterocycles. The fraction of sp³-hybridized carbons (Fsp3) is 0.948. The van der Waals surface area contributed by atoms with E-state index >= 15 is 0 Å². The molecular formula is C58H113NO10. The first-order valence-corrected chi connectivity index (χ1v) is 29.6. The van der Waals surface area contributed by atoms with E-state index in [1.54, 1.807) is 0 Å². The van der Waals surface area contributed by atoms with Crippen LogP contribution in [0.25, 0.3) is 0 Å². The Morgan fingerprint density at radius 1 is 0.493 bits per heavy atom. The highest BCUT2D eigenvalue weighted by atomic mass is 16.7. The fourth-order valence-electron chi connectivity index (χ4n) is 9.74. The number of carbonyl (C=O) groups excluding carboxylic acids is 1. The number of aliphatic hydroxyl groups is 7. The fourth-order valence-corrected chi connectivity index (χ4v) is 9.74. The highest BCUT2D eigenvalue weighted by Gasteiger charge is 2.44. The zero-order chi connectivity index (χ0) is 50.4. The molecule has 0 radical (unpaired) electrons. The minimum Gasteiger partial charge on any atom is -0.394 e. The summed E-state index contributed by atoms with van der Waals surface area (Å²) >= 11 is 0. The van der Waals surface area contributed by atoms with Gasteiger partial charge in [-0.15, -0.1) is 0 Å². The molecule has 11 nitrogen and oxygen atoms in total. The molecule has 0 aromatic heterocycles. The van der Waals surface area contributed by atoms with Crippen molar-refractivity contribution in [3.05, 3.63) is 12.2 Å². The van der Waals surface area contributed by atoms with Crippen LogP contribution in [0, 0.1) is 0 Å². The summed E-state index contributed by atoms with van der Waals surface area (Å²) in [6.45, 7) is 3.46. The first-order valence-electron chi connectivity index (χ1n) is 29.6. The quantitative estimate of drug-likeness (QED) is 0.0215. The number of carbonyl (C=O) groups is 1. The van der Waals surface area contributed by atoms with Crippen molar-refractivity contribution in [2.24, 2.45) is 0 Å². The maximum Gasteiger partial charge on any atom is 0.249 e. The number of hydrogen-bond acceptors (Lipinski definition) is 10. The standard InChI is InChI=1S/C58H113NO10/c1-3-5-7-9-11-13-15-17-18-19-20-21-22-23-24-25-26-27-28-29-30-31-32-34-35-37-39-41-43-45-50(61)53(63)49(48-68-58-56(66)55(65)54(64)52(47-60)69-58)59-57(67)51(62)46-44-42-40-38-36-33-16-14-12-10-8-6-4-2/h37,39,49-56,58,60-66H,3-36,38,40-48H2,1-2H3,(H,59,67)/b39-37+. The Hall–Kier alpha value is -1.15. The number of nitrogens with one attached hydrogen (secondary N) is 1. The lowest BCUT2D eigenvalue weighted by Gasteiger charge is -2.40. The molecule has 1 fully saturated rings. The van der Waals surface area contributed by atoms with Crippen LogP contribution in [0.3, 0.4) is 0 Å². The maximum absolute atomic E-state index is 13.1. The second-order valence-corrected chi connectivity index (χ2v) is 21.1. The van der Waals surface area contributed by atoms with Crippen molar-refractivity contribution < 1.29 is 50.0 Å². The number of allylic oxidation sites excluding steroid dienone is 2. The number of ether oxygens (including phenoxy) is 2. The molecule has 0 aliphatic carbocycles. The van der Waals surface area contributed by atoms with E-state index in [4.69, 9.17) is 9.47 Å². The Labute approximate surface area is 423 Å². The molecular weight excluding hydrogens is 871 g/mol. The molecule has 1 heterocycles. The van der Waals surface area contributed by atoms with E-state index in [0.717, 1.165) is 38.5 Å². The summed E-state index contributed by atoms with van der Waals surface area (Å²) in [4.78, 5) is 13.1. The zero-order valence-corrected chi connectivity index (χ0v) is 44.8. The largest absolute Gasteiger partial charge is 0.394 e. The summed E-state index contributed by atoms with van der Waals surface area (Å²) in [5.74, 6) is -0.703. The van der Waals surface area contributed by atoms with E-state index in [0.29, 0.717) is 12.8 Å². The molecule has 1 saturated heterocycles. The number of rotatable bonds is 51. The maximum atomic E-state index is 13.1. The summed E-state index contributed by atoms with van der Waals surface area (Å²) < 4.78 is 11.1. The lowest BCUT2D eigenvalue weighted by molar-refractivity contribution is -0.303.